The summed E-state index contributed by atoms with van der Waals surface area (Å²) in [7, 11) is 1.17. The number of nitrogens with zero attached hydrogens (tertiary/aromatic N) is 1. The van der Waals surface area contributed by atoms with E-state index < -0.39 is 0 Å². The third-order valence-electron chi connectivity index (χ3n) is 3.25. The van der Waals surface area contributed by atoms with Crippen LogP contribution < -0.4 is 5.46 Å². The van der Waals surface area contributed by atoms with Crippen molar-refractivity contribution in [2.24, 2.45) is 5.92 Å². The molecule has 1 atom stereocenters. The molecular formula is C13H19BNO. The highest BCUT2D eigenvalue weighted by molar-refractivity contribution is 6.45. The van der Waals surface area contributed by atoms with Gasteiger partial charge in [-0.3, -0.25) is 4.90 Å². The third-order valence-corrected chi connectivity index (χ3v) is 3.25. The number of benzene rings is 1. The molecule has 1 fully saturated rings. The van der Waals surface area contributed by atoms with Gasteiger partial charge < -0.3 is 5.02 Å². The second-order valence-electron chi connectivity index (χ2n) is 4.86. The molecule has 0 saturated carbocycles. The zero-order valence-electron chi connectivity index (χ0n) is 9.89. The van der Waals surface area contributed by atoms with Crippen LogP contribution in [0.5, 0.6) is 0 Å². The lowest BCUT2D eigenvalue weighted by Crippen LogP contribution is -2.34. The van der Waals surface area contributed by atoms with Crippen LogP contribution >= 0.6 is 0 Å². The molecule has 1 saturated heterocycles. The van der Waals surface area contributed by atoms with E-state index in [0.717, 1.165) is 17.9 Å². The van der Waals surface area contributed by atoms with Crippen molar-refractivity contribution >= 4 is 12.9 Å². The summed E-state index contributed by atoms with van der Waals surface area (Å²) >= 11 is 0. The lowest BCUT2D eigenvalue weighted by Gasteiger charge is -2.30. The molecular weight excluding hydrogens is 197 g/mol. The van der Waals surface area contributed by atoms with Crippen LogP contribution in [0.1, 0.15) is 25.3 Å². The van der Waals surface area contributed by atoms with Crippen molar-refractivity contribution in [1.29, 1.82) is 0 Å². The van der Waals surface area contributed by atoms with Gasteiger partial charge in [0.1, 0.15) is 0 Å². The highest BCUT2D eigenvalue weighted by Gasteiger charge is 2.16. The molecule has 1 heterocycles. The summed E-state index contributed by atoms with van der Waals surface area (Å²) in [5.41, 5.74) is 2.18. The highest BCUT2D eigenvalue weighted by Crippen LogP contribution is 2.17. The van der Waals surface area contributed by atoms with E-state index in [4.69, 9.17) is 5.02 Å². The quantitative estimate of drug-likeness (QED) is 0.766. The molecule has 2 nitrogen and oxygen atoms in total. The topological polar surface area (TPSA) is 23.5 Å². The van der Waals surface area contributed by atoms with Gasteiger partial charge in [-0.15, -0.1) is 0 Å². The molecule has 85 valence electrons. The smallest absolute Gasteiger partial charge is 0.326 e. The van der Waals surface area contributed by atoms with Crippen LogP contribution in [0, 0.1) is 5.92 Å². The van der Waals surface area contributed by atoms with E-state index in [2.05, 4.69) is 24.0 Å². The van der Waals surface area contributed by atoms with Gasteiger partial charge in [-0.25, -0.2) is 0 Å². The van der Waals surface area contributed by atoms with Gasteiger partial charge in [0.2, 0.25) is 0 Å². The average Bonchev–Trinajstić information content (AvgIpc) is 2.29. The Morgan fingerprint density at radius 1 is 1.50 bits per heavy atom. The number of piperidine rings is 1. The normalized spacial score (nSPS) is 22.0. The predicted octanol–water partition coefficient (Wildman–Crippen LogP) is 1.16. The largest absolute Gasteiger partial charge is 0.450 e. The highest BCUT2D eigenvalue weighted by atomic mass is 16.2. The minimum Gasteiger partial charge on any atom is -0.450 e. The molecule has 1 aromatic rings. The lowest BCUT2D eigenvalue weighted by atomic mass is 9.87. The van der Waals surface area contributed by atoms with Crippen molar-refractivity contribution in [3.8, 4) is 0 Å². The van der Waals surface area contributed by atoms with E-state index in [1.165, 1.54) is 39.0 Å². The van der Waals surface area contributed by atoms with Gasteiger partial charge in [-0.05, 0) is 30.9 Å². The summed E-state index contributed by atoms with van der Waals surface area (Å²) in [6, 6.07) is 8.11. The van der Waals surface area contributed by atoms with E-state index in [1.54, 1.807) is 0 Å². The molecule has 1 aliphatic rings. The molecule has 1 radical (unpaired) electrons. The Bertz CT molecular complexity index is 342. The fourth-order valence-electron chi connectivity index (χ4n) is 2.46. The zero-order chi connectivity index (χ0) is 11.4. The van der Waals surface area contributed by atoms with Gasteiger partial charge >= 0.3 is 7.48 Å². The van der Waals surface area contributed by atoms with E-state index in [-0.39, 0.29) is 0 Å². The molecule has 3 heteroatoms. The number of hydrogen-bond acceptors (Lipinski definition) is 2. The Balaban J connectivity index is 1.97. The number of rotatable bonds is 3. The van der Waals surface area contributed by atoms with Gasteiger partial charge in [0.15, 0.2) is 0 Å². The molecule has 0 bridgehead atoms. The monoisotopic (exact) mass is 216 g/mol. The summed E-state index contributed by atoms with van der Waals surface area (Å²) in [6.07, 6.45) is 2.67. The Hall–Kier alpha value is -0.795. The van der Waals surface area contributed by atoms with Gasteiger partial charge in [0.05, 0.1) is 0 Å². The van der Waals surface area contributed by atoms with Gasteiger partial charge in [-0.2, -0.15) is 0 Å². The number of hydrogen-bond donors (Lipinski definition) is 1. The third kappa shape index (κ3) is 3.10. The van der Waals surface area contributed by atoms with Crippen molar-refractivity contribution in [3.63, 3.8) is 0 Å². The first-order chi connectivity index (χ1) is 7.78. The first-order valence-corrected chi connectivity index (χ1v) is 6.06. The molecule has 0 aromatic heterocycles. The maximum absolute atomic E-state index is 8.97. The summed E-state index contributed by atoms with van der Waals surface area (Å²) < 4.78 is 0. The van der Waals surface area contributed by atoms with E-state index >= 15 is 0 Å². The van der Waals surface area contributed by atoms with Crippen LogP contribution in [0.15, 0.2) is 24.3 Å². The maximum Gasteiger partial charge on any atom is 0.326 e. The minimum atomic E-state index is 0.821. The zero-order valence-corrected chi connectivity index (χ0v) is 9.89. The minimum absolute atomic E-state index is 0.821. The van der Waals surface area contributed by atoms with Crippen molar-refractivity contribution < 1.29 is 5.02 Å². The first-order valence-electron chi connectivity index (χ1n) is 6.06. The summed E-state index contributed by atoms with van der Waals surface area (Å²) in [5, 5.41) is 8.97. The predicted molar refractivity (Wildman–Crippen MR) is 67.7 cm³/mol. The van der Waals surface area contributed by atoms with Crippen LogP contribution in [-0.2, 0) is 6.54 Å². The summed E-state index contributed by atoms with van der Waals surface area (Å²) in [6.45, 7) is 5.74. The molecule has 2 rings (SSSR count). The Labute approximate surface area is 98.6 Å². The van der Waals surface area contributed by atoms with Crippen LogP contribution in [0.4, 0.5) is 0 Å². The fourth-order valence-corrected chi connectivity index (χ4v) is 2.46. The molecule has 1 aliphatic heterocycles. The Morgan fingerprint density at radius 3 is 3.12 bits per heavy atom. The second-order valence-corrected chi connectivity index (χ2v) is 4.86. The lowest BCUT2D eigenvalue weighted by molar-refractivity contribution is 0.176. The van der Waals surface area contributed by atoms with Gasteiger partial charge in [0, 0.05) is 13.1 Å². The standard InChI is InChI=1S/C13H19BNO/c1-11-4-3-7-15(9-11)10-12-5-2-6-13(8-12)14-16/h2,5-6,8,11,16H,3-4,7,9-10H2,1H3. The van der Waals surface area contributed by atoms with E-state index in [1.807, 2.05) is 12.1 Å². The maximum atomic E-state index is 8.97. The van der Waals surface area contributed by atoms with Crippen LogP contribution in [0.2, 0.25) is 0 Å². The van der Waals surface area contributed by atoms with E-state index in [0.29, 0.717) is 0 Å². The molecule has 16 heavy (non-hydrogen) atoms. The molecule has 0 amide bonds. The fraction of sp³-hybridized carbons (Fsp3) is 0.538. The second kappa shape index (κ2) is 5.51. The van der Waals surface area contributed by atoms with Crippen LogP contribution in [-0.4, -0.2) is 30.5 Å². The number of likely N-dealkylation sites (tertiary alicyclic amines) is 1. The van der Waals surface area contributed by atoms with Gasteiger partial charge in [-0.1, -0.05) is 36.7 Å². The van der Waals surface area contributed by atoms with Crippen molar-refractivity contribution in [1.82, 2.24) is 4.90 Å². The SMILES string of the molecule is CC1CCCN(Cc2cccc([B]O)c2)C1. The summed E-state index contributed by atoms with van der Waals surface area (Å²) in [5.74, 6) is 0.821. The molecule has 1 N–H and O–H groups in total. The van der Waals surface area contributed by atoms with E-state index in [9.17, 15) is 0 Å². The van der Waals surface area contributed by atoms with Gasteiger partial charge in [0.25, 0.3) is 0 Å². The summed E-state index contributed by atoms with van der Waals surface area (Å²) in [4.78, 5) is 2.50. The molecule has 0 spiro atoms. The Morgan fingerprint density at radius 2 is 2.38 bits per heavy atom. The van der Waals surface area contributed by atoms with Crippen molar-refractivity contribution in [2.45, 2.75) is 26.3 Å². The van der Waals surface area contributed by atoms with Crippen molar-refractivity contribution in [2.75, 3.05) is 13.1 Å². The molecule has 0 aliphatic carbocycles. The van der Waals surface area contributed by atoms with Crippen LogP contribution in [0.25, 0.3) is 0 Å². The first kappa shape index (κ1) is 11.7. The molecule has 1 aromatic carbocycles. The molecule has 1 unspecified atom stereocenters. The van der Waals surface area contributed by atoms with Crippen LogP contribution in [0.3, 0.4) is 0 Å². The average molecular weight is 216 g/mol. The Kier molecular flexibility index (Phi) is 4.02. The van der Waals surface area contributed by atoms with Crippen molar-refractivity contribution in [3.05, 3.63) is 29.8 Å².